The predicted octanol–water partition coefficient (Wildman–Crippen LogP) is 13.2. The first-order valence-electron chi connectivity index (χ1n) is 16.5. The number of aromatic nitrogens is 1. The van der Waals surface area contributed by atoms with E-state index in [1.165, 1.54) is 26.2 Å². The summed E-state index contributed by atoms with van der Waals surface area (Å²) in [6.45, 7) is 0. The molecule has 0 spiro atoms. The van der Waals surface area contributed by atoms with E-state index in [0.717, 1.165) is 50.2 Å². The standard InChI is InChI=1S/C45H31N3S/c1-4-14-33(15-5-1)47(34-16-6-2-7-17-34)37-28-30-38(31-29-37)48(35-18-8-3-9-19-35)36-26-24-32(25-27-36)45-46-43-41-22-12-10-20-39(41)40-21-11-13-23-42(40)44(43)49-45/h1-31H. The summed E-state index contributed by atoms with van der Waals surface area (Å²) >= 11 is 1.77. The molecule has 4 heteroatoms. The normalized spacial score (nSPS) is 11.3. The average molecular weight is 646 g/mol. The third kappa shape index (κ3) is 5.29. The lowest BCUT2D eigenvalue weighted by Crippen LogP contribution is -2.12. The molecule has 0 amide bonds. The maximum Gasteiger partial charge on any atom is 0.124 e. The number of fused-ring (bicyclic) bond motifs is 6. The van der Waals surface area contributed by atoms with E-state index in [0.29, 0.717) is 0 Å². The molecule has 0 bridgehead atoms. The zero-order chi connectivity index (χ0) is 32.6. The Hall–Kier alpha value is -6.23. The van der Waals surface area contributed by atoms with E-state index < -0.39 is 0 Å². The number of rotatable bonds is 7. The first kappa shape index (κ1) is 29.0. The Labute approximate surface area is 289 Å². The molecule has 8 aromatic carbocycles. The summed E-state index contributed by atoms with van der Waals surface area (Å²) in [7, 11) is 0. The van der Waals surface area contributed by atoms with Crippen molar-refractivity contribution >= 4 is 77.2 Å². The van der Waals surface area contributed by atoms with Crippen LogP contribution in [-0.4, -0.2) is 4.98 Å². The van der Waals surface area contributed by atoms with E-state index in [-0.39, 0.29) is 0 Å². The van der Waals surface area contributed by atoms with E-state index in [1.54, 1.807) is 11.3 Å². The fourth-order valence-electron chi connectivity index (χ4n) is 6.78. The van der Waals surface area contributed by atoms with E-state index in [4.69, 9.17) is 4.98 Å². The summed E-state index contributed by atoms with van der Waals surface area (Å²) in [4.78, 5) is 9.82. The second kappa shape index (κ2) is 12.4. The zero-order valence-corrected chi connectivity index (χ0v) is 27.5. The van der Waals surface area contributed by atoms with Crippen molar-refractivity contribution in [3.05, 3.63) is 188 Å². The molecule has 1 aromatic heterocycles. The minimum absolute atomic E-state index is 1.03. The second-order valence-corrected chi connectivity index (χ2v) is 13.0. The van der Waals surface area contributed by atoms with E-state index in [2.05, 4.69) is 198 Å². The summed E-state index contributed by atoms with van der Waals surface area (Å²) in [5.41, 5.74) is 8.79. The highest BCUT2D eigenvalue weighted by Gasteiger charge is 2.18. The fraction of sp³-hybridized carbons (Fsp3) is 0. The number of anilines is 6. The Morgan fingerprint density at radius 2 is 0.673 bits per heavy atom. The van der Waals surface area contributed by atoms with Crippen molar-refractivity contribution in [3.63, 3.8) is 0 Å². The van der Waals surface area contributed by atoms with Crippen molar-refractivity contribution in [1.29, 1.82) is 0 Å². The van der Waals surface area contributed by atoms with Gasteiger partial charge in [0.15, 0.2) is 0 Å². The smallest absolute Gasteiger partial charge is 0.124 e. The van der Waals surface area contributed by atoms with Gasteiger partial charge in [-0.1, -0.05) is 103 Å². The van der Waals surface area contributed by atoms with Crippen LogP contribution in [0, 0.1) is 0 Å². The van der Waals surface area contributed by atoms with Gasteiger partial charge >= 0.3 is 0 Å². The topological polar surface area (TPSA) is 19.4 Å². The maximum absolute atomic E-state index is 5.23. The molecule has 0 radical (unpaired) electrons. The number of hydrogen-bond donors (Lipinski definition) is 0. The molecule has 9 aromatic rings. The summed E-state index contributed by atoms with van der Waals surface area (Å²) < 4.78 is 1.24. The van der Waals surface area contributed by atoms with Gasteiger partial charge in [-0.15, -0.1) is 11.3 Å². The lowest BCUT2D eigenvalue weighted by Gasteiger charge is -2.28. The summed E-state index contributed by atoms with van der Waals surface area (Å²) in [5, 5.41) is 6.01. The molecule has 0 aliphatic heterocycles. The molecule has 9 rings (SSSR count). The van der Waals surface area contributed by atoms with Crippen LogP contribution < -0.4 is 9.80 Å². The van der Waals surface area contributed by atoms with Gasteiger partial charge in [-0.2, -0.15) is 0 Å². The van der Waals surface area contributed by atoms with Gasteiger partial charge in [-0.25, -0.2) is 4.98 Å². The van der Waals surface area contributed by atoms with Crippen molar-refractivity contribution in [1.82, 2.24) is 4.98 Å². The van der Waals surface area contributed by atoms with Gasteiger partial charge in [0.25, 0.3) is 0 Å². The molecule has 3 nitrogen and oxygen atoms in total. The zero-order valence-electron chi connectivity index (χ0n) is 26.6. The highest BCUT2D eigenvalue weighted by atomic mass is 32.1. The molecule has 0 aliphatic carbocycles. The van der Waals surface area contributed by atoms with E-state index in [9.17, 15) is 0 Å². The van der Waals surface area contributed by atoms with Crippen molar-refractivity contribution in [3.8, 4) is 10.6 Å². The molecule has 0 atom stereocenters. The molecule has 0 saturated carbocycles. The number of para-hydroxylation sites is 3. The van der Waals surface area contributed by atoms with Gasteiger partial charge < -0.3 is 9.80 Å². The molecule has 0 aliphatic rings. The molecule has 1 heterocycles. The Bertz CT molecular complexity index is 2410. The minimum atomic E-state index is 1.03. The van der Waals surface area contributed by atoms with Gasteiger partial charge in [0.2, 0.25) is 0 Å². The van der Waals surface area contributed by atoms with Crippen LogP contribution in [0.5, 0.6) is 0 Å². The summed E-state index contributed by atoms with van der Waals surface area (Å²) in [6, 6.07) is 66.5. The van der Waals surface area contributed by atoms with Gasteiger partial charge in [0.05, 0.1) is 10.2 Å². The Balaban J connectivity index is 1.10. The van der Waals surface area contributed by atoms with Crippen LogP contribution in [0.1, 0.15) is 0 Å². The van der Waals surface area contributed by atoms with Crippen LogP contribution >= 0.6 is 11.3 Å². The quantitative estimate of drug-likeness (QED) is 0.161. The van der Waals surface area contributed by atoms with Crippen LogP contribution in [-0.2, 0) is 0 Å². The molecule has 0 saturated heterocycles. The van der Waals surface area contributed by atoms with Gasteiger partial charge in [-0.05, 0) is 95.7 Å². The molecular formula is C45H31N3S. The van der Waals surface area contributed by atoms with Gasteiger partial charge in [-0.3, -0.25) is 0 Å². The van der Waals surface area contributed by atoms with Crippen LogP contribution in [0.25, 0.3) is 42.3 Å². The van der Waals surface area contributed by atoms with Crippen molar-refractivity contribution in [2.75, 3.05) is 9.80 Å². The SMILES string of the molecule is c1ccc(N(c2ccccc2)c2ccc(N(c3ccccc3)c3ccc(-c4nc5c6ccccc6c6ccccc6c5s4)cc3)cc2)cc1. The number of nitrogens with zero attached hydrogens (tertiary/aromatic N) is 3. The minimum Gasteiger partial charge on any atom is -0.311 e. The first-order valence-corrected chi connectivity index (χ1v) is 17.3. The number of benzene rings is 8. The van der Waals surface area contributed by atoms with Crippen molar-refractivity contribution < 1.29 is 0 Å². The molecule has 0 unspecified atom stereocenters. The fourth-order valence-corrected chi connectivity index (χ4v) is 7.90. The van der Waals surface area contributed by atoms with E-state index in [1.807, 2.05) is 0 Å². The van der Waals surface area contributed by atoms with Crippen LogP contribution in [0.3, 0.4) is 0 Å². The first-order chi connectivity index (χ1) is 24.3. The molecule has 0 N–H and O–H groups in total. The predicted molar refractivity (Wildman–Crippen MR) is 209 cm³/mol. The maximum atomic E-state index is 5.23. The van der Waals surface area contributed by atoms with Crippen LogP contribution in [0.15, 0.2) is 188 Å². The Kier molecular flexibility index (Phi) is 7.34. The van der Waals surface area contributed by atoms with E-state index >= 15 is 0 Å². The lowest BCUT2D eigenvalue weighted by atomic mass is 10.0. The Morgan fingerprint density at radius 3 is 1.14 bits per heavy atom. The molecule has 232 valence electrons. The van der Waals surface area contributed by atoms with Crippen molar-refractivity contribution in [2.24, 2.45) is 0 Å². The largest absolute Gasteiger partial charge is 0.311 e. The average Bonchev–Trinajstić information content (AvgIpc) is 3.64. The molecular weight excluding hydrogens is 615 g/mol. The molecule has 49 heavy (non-hydrogen) atoms. The van der Waals surface area contributed by atoms with Crippen LogP contribution in [0.2, 0.25) is 0 Å². The number of thiazole rings is 1. The second-order valence-electron chi connectivity index (χ2n) is 12.0. The lowest BCUT2D eigenvalue weighted by molar-refractivity contribution is 1.26. The Morgan fingerprint density at radius 1 is 0.327 bits per heavy atom. The summed E-state index contributed by atoms with van der Waals surface area (Å²) in [6.07, 6.45) is 0. The number of hydrogen-bond acceptors (Lipinski definition) is 4. The monoisotopic (exact) mass is 645 g/mol. The van der Waals surface area contributed by atoms with Gasteiger partial charge in [0.1, 0.15) is 5.01 Å². The van der Waals surface area contributed by atoms with Crippen LogP contribution in [0.4, 0.5) is 34.1 Å². The summed E-state index contributed by atoms with van der Waals surface area (Å²) in [5.74, 6) is 0. The highest BCUT2D eigenvalue weighted by molar-refractivity contribution is 7.22. The third-order valence-corrected chi connectivity index (χ3v) is 10.2. The van der Waals surface area contributed by atoms with Crippen molar-refractivity contribution in [2.45, 2.75) is 0 Å². The van der Waals surface area contributed by atoms with Gasteiger partial charge in [0, 0.05) is 50.5 Å². The highest BCUT2D eigenvalue weighted by Crippen LogP contribution is 2.42. The molecule has 0 fully saturated rings. The third-order valence-electron chi connectivity index (χ3n) is 9.05.